The predicted octanol–water partition coefficient (Wildman–Crippen LogP) is 6.23. The normalized spacial score (nSPS) is 15.4. The van der Waals surface area contributed by atoms with Crippen molar-refractivity contribution in [1.82, 2.24) is 25.2 Å². The number of ether oxygens (including phenoxy) is 4. The van der Waals surface area contributed by atoms with Gasteiger partial charge >= 0.3 is 12.2 Å². The Morgan fingerprint density at radius 3 is 2.60 bits per heavy atom. The third-order valence-corrected chi connectivity index (χ3v) is 9.46. The van der Waals surface area contributed by atoms with E-state index in [9.17, 15) is 19.5 Å². The highest BCUT2D eigenvalue weighted by Gasteiger charge is 2.27. The van der Waals surface area contributed by atoms with E-state index in [2.05, 4.69) is 33.1 Å². The third-order valence-electron chi connectivity index (χ3n) is 9.46. The first-order valence-electron chi connectivity index (χ1n) is 18.7. The van der Waals surface area contributed by atoms with Gasteiger partial charge in [-0.25, -0.2) is 9.59 Å². The molecule has 1 unspecified atom stereocenters. The molecule has 1 aliphatic heterocycles. The lowest BCUT2D eigenvalue weighted by Gasteiger charge is -2.27. The molecule has 14 heteroatoms. The summed E-state index contributed by atoms with van der Waals surface area (Å²) in [7, 11) is 1.86. The summed E-state index contributed by atoms with van der Waals surface area (Å²) in [5.74, 6) is 0.554. The topological polar surface area (TPSA) is 166 Å². The number of amides is 2. The zero-order valence-corrected chi connectivity index (χ0v) is 31.4. The van der Waals surface area contributed by atoms with E-state index < -0.39 is 23.8 Å². The van der Waals surface area contributed by atoms with E-state index >= 15 is 0 Å². The molecule has 1 saturated carbocycles. The zero-order chi connectivity index (χ0) is 37.8. The minimum Gasteiger partial charge on any atom is -0.481 e. The van der Waals surface area contributed by atoms with Gasteiger partial charge in [0.2, 0.25) is 0 Å². The molecule has 2 amide bonds. The van der Waals surface area contributed by atoms with Crippen LogP contribution in [0.4, 0.5) is 15.3 Å². The Bertz CT molecular complexity index is 1680. The highest BCUT2D eigenvalue weighted by atomic mass is 16.7. The number of nitrogens with one attached hydrogen (secondary N) is 2. The summed E-state index contributed by atoms with van der Waals surface area (Å²) in [6.45, 7) is 7.30. The molecular weight excluding hydrogens is 680 g/mol. The van der Waals surface area contributed by atoms with Gasteiger partial charge < -0.3 is 39.6 Å². The molecule has 0 saturated heterocycles. The van der Waals surface area contributed by atoms with Crippen molar-refractivity contribution in [2.45, 2.75) is 90.3 Å². The highest BCUT2D eigenvalue weighted by molar-refractivity contribution is 5.98. The first kappa shape index (κ1) is 39.5. The highest BCUT2D eigenvalue weighted by Crippen LogP contribution is 2.40. The third kappa shape index (κ3) is 12.2. The van der Waals surface area contributed by atoms with Gasteiger partial charge in [0, 0.05) is 32.2 Å². The Morgan fingerprint density at radius 2 is 1.89 bits per heavy atom. The van der Waals surface area contributed by atoms with Gasteiger partial charge in [-0.3, -0.25) is 9.48 Å². The molecule has 53 heavy (non-hydrogen) atoms. The summed E-state index contributed by atoms with van der Waals surface area (Å²) in [5, 5.41) is 24.4. The van der Waals surface area contributed by atoms with Crippen LogP contribution in [-0.4, -0.2) is 94.3 Å². The fourth-order valence-electron chi connectivity index (χ4n) is 6.82. The van der Waals surface area contributed by atoms with Crippen molar-refractivity contribution < 1.29 is 38.4 Å². The molecule has 1 aromatic heterocycles. The van der Waals surface area contributed by atoms with Gasteiger partial charge in [0.25, 0.3) is 5.91 Å². The Morgan fingerprint density at radius 1 is 1.09 bits per heavy atom. The van der Waals surface area contributed by atoms with Gasteiger partial charge in [0.15, 0.2) is 18.1 Å². The van der Waals surface area contributed by atoms with Gasteiger partial charge in [-0.05, 0) is 88.6 Å². The minimum absolute atomic E-state index is 0.0871. The minimum atomic E-state index is -1.03. The molecule has 0 spiro atoms. The number of rotatable bonds is 16. The van der Waals surface area contributed by atoms with Crippen molar-refractivity contribution in [2.24, 2.45) is 13.0 Å². The van der Waals surface area contributed by atoms with Crippen LogP contribution < -0.4 is 20.1 Å². The molecule has 2 aliphatic rings. The molecule has 288 valence electrons. The summed E-state index contributed by atoms with van der Waals surface area (Å²) in [5.41, 5.74) is 3.22. The maximum Gasteiger partial charge on any atom is 0.514 e. The number of fused-ring (bicyclic) bond motifs is 1. The zero-order valence-electron chi connectivity index (χ0n) is 31.4. The van der Waals surface area contributed by atoms with E-state index in [0.717, 1.165) is 30.6 Å². The number of aromatic nitrogens is 3. The lowest BCUT2D eigenvalue weighted by molar-refractivity contribution is -0.118. The number of nitrogens with zero attached hydrogens (tertiary/aromatic N) is 4. The van der Waals surface area contributed by atoms with Gasteiger partial charge in [-0.15, -0.1) is 5.10 Å². The molecule has 1 atom stereocenters. The van der Waals surface area contributed by atoms with Crippen molar-refractivity contribution in [3.05, 3.63) is 53.7 Å². The maximum atomic E-state index is 12.3. The van der Waals surface area contributed by atoms with Crippen LogP contribution in [0.15, 0.2) is 42.6 Å². The molecule has 0 bridgehead atoms. The predicted molar refractivity (Wildman–Crippen MR) is 199 cm³/mol. The van der Waals surface area contributed by atoms with Crippen LogP contribution in [0.25, 0.3) is 11.3 Å². The van der Waals surface area contributed by atoms with E-state index in [-0.39, 0.29) is 30.7 Å². The van der Waals surface area contributed by atoms with Crippen molar-refractivity contribution >= 4 is 23.8 Å². The number of anilines is 1. The molecule has 14 nitrogen and oxygen atoms in total. The van der Waals surface area contributed by atoms with E-state index in [0.29, 0.717) is 43.3 Å². The first-order chi connectivity index (χ1) is 25.4. The number of aryl methyl sites for hydroxylation is 1. The Labute approximate surface area is 311 Å². The van der Waals surface area contributed by atoms with Crippen LogP contribution in [0.1, 0.15) is 76.8 Å². The Hall–Kier alpha value is -4.69. The summed E-state index contributed by atoms with van der Waals surface area (Å²) >= 11 is 0. The van der Waals surface area contributed by atoms with Crippen LogP contribution in [0, 0.1) is 5.92 Å². The van der Waals surface area contributed by atoms with Crippen molar-refractivity contribution in [1.29, 1.82) is 0 Å². The molecule has 5 rings (SSSR count). The van der Waals surface area contributed by atoms with Crippen LogP contribution in [0.5, 0.6) is 11.5 Å². The number of hydrogen-bond acceptors (Lipinski definition) is 10. The molecule has 2 aromatic carbocycles. The first-order valence-corrected chi connectivity index (χ1v) is 18.7. The SMILES string of the molecule is Cn1cc(-c2cccc(CCOC(CCNCCN(CCc3ccc(OC(=O)OC(C)(C)C)c4c3OCC(=O)N4)C(=O)O)C3CCCCCC3)c2)nn1. The van der Waals surface area contributed by atoms with E-state index in [1.54, 1.807) is 37.6 Å². The molecule has 3 aromatic rings. The largest absolute Gasteiger partial charge is 0.514 e. The van der Waals surface area contributed by atoms with Gasteiger partial charge in [-0.1, -0.05) is 55.2 Å². The van der Waals surface area contributed by atoms with Crippen LogP contribution in [0.2, 0.25) is 0 Å². The molecule has 1 fully saturated rings. The second-order valence-electron chi connectivity index (χ2n) is 14.8. The summed E-state index contributed by atoms with van der Waals surface area (Å²) in [6, 6.07) is 11.6. The molecule has 1 aliphatic carbocycles. The molecule has 3 N–H and O–H groups in total. The van der Waals surface area contributed by atoms with Gasteiger partial charge in [-0.2, -0.15) is 0 Å². The number of hydrogen-bond donors (Lipinski definition) is 3. The fourth-order valence-corrected chi connectivity index (χ4v) is 6.82. The second kappa shape index (κ2) is 18.9. The standard InChI is InChI=1S/C39H54N6O8/c1-39(2,3)53-38(49)52-33-15-14-29(36-35(33)41-34(46)26-51-36)17-21-45(37(47)48)22-20-40-19-16-32(28-11-7-5-6-8-12-28)50-23-18-27-10-9-13-30(24-27)31-25-44(4)43-42-31/h9-10,13-15,24-25,28,32,40H,5-8,11-12,16-23,26H2,1-4H3,(H,41,46)(H,47,48). The van der Waals surface area contributed by atoms with Gasteiger partial charge in [0.1, 0.15) is 17.0 Å². The lowest BCUT2D eigenvalue weighted by atomic mass is 9.92. The summed E-state index contributed by atoms with van der Waals surface area (Å²) < 4.78 is 24.6. The number of benzene rings is 2. The number of carbonyl (C=O) groups is 3. The van der Waals surface area contributed by atoms with Crippen molar-refractivity contribution in [2.75, 3.05) is 44.7 Å². The smallest absolute Gasteiger partial charge is 0.481 e. The van der Waals surface area contributed by atoms with Crippen LogP contribution in [-0.2, 0) is 34.2 Å². The molecular formula is C39H54N6O8. The maximum absolute atomic E-state index is 12.3. The quantitative estimate of drug-likeness (QED) is 0.0661. The lowest BCUT2D eigenvalue weighted by Crippen LogP contribution is -2.38. The van der Waals surface area contributed by atoms with E-state index in [1.807, 2.05) is 25.4 Å². The van der Waals surface area contributed by atoms with Crippen LogP contribution >= 0.6 is 0 Å². The Kier molecular flexibility index (Phi) is 14.1. The summed E-state index contributed by atoms with van der Waals surface area (Å²) in [4.78, 5) is 38.0. The van der Waals surface area contributed by atoms with Crippen molar-refractivity contribution in [3.63, 3.8) is 0 Å². The number of carbonyl (C=O) groups excluding carboxylic acids is 2. The van der Waals surface area contributed by atoms with Crippen LogP contribution in [0.3, 0.4) is 0 Å². The second-order valence-corrected chi connectivity index (χ2v) is 14.8. The van der Waals surface area contributed by atoms with E-state index in [1.165, 1.54) is 49.0 Å². The fraction of sp³-hybridized carbons (Fsp3) is 0.564. The average molecular weight is 735 g/mol. The van der Waals surface area contributed by atoms with Crippen molar-refractivity contribution in [3.8, 4) is 22.8 Å². The summed E-state index contributed by atoms with van der Waals surface area (Å²) in [6.07, 6.45) is 9.44. The monoisotopic (exact) mass is 734 g/mol. The average Bonchev–Trinajstić information content (AvgIpc) is 3.36. The van der Waals surface area contributed by atoms with Gasteiger partial charge in [0.05, 0.1) is 18.9 Å². The molecule has 2 heterocycles. The molecule has 0 radical (unpaired) electrons. The number of carboxylic acid groups (broad SMARTS) is 1. The van der Waals surface area contributed by atoms with E-state index in [4.69, 9.17) is 18.9 Å². The Balaban J connectivity index is 1.11.